The predicted molar refractivity (Wildman–Crippen MR) is 138 cm³/mol. The first kappa shape index (κ1) is 22.9. The van der Waals surface area contributed by atoms with E-state index in [2.05, 4.69) is 4.90 Å². The van der Waals surface area contributed by atoms with E-state index in [-0.39, 0.29) is 5.56 Å². The molecule has 0 N–H and O–H groups in total. The minimum Gasteiger partial charge on any atom is -0.493 e. The number of nitrogens with zero attached hydrogens (tertiary/aromatic N) is 3. The molecule has 0 atom stereocenters. The second-order valence-electron chi connectivity index (χ2n) is 8.36. The van der Waals surface area contributed by atoms with E-state index >= 15 is 0 Å². The summed E-state index contributed by atoms with van der Waals surface area (Å²) in [6.45, 7) is 5.62. The molecule has 5 rings (SSSR count). The number of hydrogen-bond donors (Lipinski definition) is 0. The lowest BCUT2D eigenvalue weighted by Gasteiger charge is -2.17. The van der Waals surface area contributed by atoms with Gasteiger partial charge < -0.3 is 9.47 Å². The standard InChI is InChI=1S/C26H26ClN3O3S/c1-17-28-21-16-24(18-5-7-19(27)8-6-18)34-25(21)26(31)30(17)20-9-10-22(23(15-20)32-2)33-14-13-29-11-3-4-12-29/h5-10,15-16H,3-4,11-14H2,1-2H3. The molecular weight excluding hydrogens is 470 g/mol. The Bertz CT molecular complexity index is 1370. The number of thiophene rings is 1. The fourth-order valence-corrected chi connectivity index (χ4v) is 5.51. The van der Waals surface area contributed by atoms with E-state index in [1.165, 1.54) is 24.2 Å². The molecule has 0 unspecified atom stereocenters. The van der Waals surface area contributed by atoms with Crippen molar-refractivity contribution in [3.8, 4) is 27.6 Å². The zero-order chi connectivity index (χ0) is 23.7. The number of likely N-dealkylation sites (tertiary alicyclic amines) is 1. The summed E-state index contributed by atoms with van der Waals surface area (Å²) in [5, 5.41) is 0.679. The molecule has 176 valence electrons. The number of aromatic nitrogens is 2. The number of methoxy groups -OCH3 is 1. The molecular formula is C26H26ClN3O3S. The lowest BCUT2D eigenvalue weighted by molar-refractivity contribution is 0.230. The van der Waals surface area contributed by atoms with Crippen LogP contribution in [0.3, 0.4) is 0 Å². The van der Waals surface area contributed by atoms with Gasteiger partial charge in [-0.1, -0.05) is 23.7 Å². The van der Waals surface area contributed by atoms with Crippen LogP contribution in [0.15, 0.2) is 53.3 Å². The Kier molecular flexibility index (Phi) is 6.59. The fraction of sp³-hybridized carbons (Fsp3) is 0.308. The third-order valence-corrected chi connectivity index (χ3v) is 7.53. The number of hydrogen-bond acceptors (Lipinski definition) is 6. The predicted octanol–water partition coefficient (Wildman–Crippen LogP) is 5.56. The maximum Gasteiger partial charge on any atom is 0.276 e. The van der Waals surface area contributed by atoms with Crippen molar-refractivity contribution in [2.75, 3.05) is 33.4 Å². The van der Waals surface area contributed by atoms with E-state index in [0.29, 0.717) is 44.9 Å². The van der Waals surface area contributed by atoms with Crippen LogP contribution in [-0.4, -0.2) is 47.8 Å². The van der Waals surface area contributed by atoms with Crippen molar-refractivity contribution in [1.29, 1.82) is 0 Å². The first-order chi connectivity index (χ1) is 16.5. The van der Waals surface area contributed by atoms with Crippen LogP contribution in [0.5, 0.6) is 11.5 Å². The molecule has 0 radical (unpaired) electrons. The van der Waals surface area contributed by atoms with Crippen LogP contribution in [0.4, 0.5) is 0 Å². The third-order valence-electron chi connectivity index (χ3n) is 6.11. The highest BCUT2D eigenvalue weighted by atomic mass is 35.5. The van der Waals surface area contributed by atoms with E-state index in [4.69, 9.17) is 26.1 Å². The van der Waals surface area contributed by atoms with Gasteiger partial charge >= 0.3 is 0 Å². The first-order valence-electron chi connectivity index (χ1n) is 11.4. The Morgan fingerprint density at radius 2 is 1.82 bits per heavy atom. The molecule has 0 amide bonds. The molecule has 0 aliphatic carbocycles. The van der Waals surface area contributed by atoms with Crippen molar-refractivity contribution >= 4 is 33.2 Å². The van der Waals surface area contributed by atoms with Crippen LogP contribution >= 0.6 is 22.9 Å². The molecule has 1 aliphatic heterocycles. The Labute approximate surface area is 207 Å². The molecule has 2 aromatic carbocycles. The highest BCUT2D eigenvalue weighted by Gasteiger charge is 2.17. The van der Waals surface area contributed by atoms with Crippen LogP contribution in [-0.2, 0) is 0 Å². The average molecular weight is 496 g/mol. The molecule has 0 spiro atoms. The molecule has 6 nitrogen and oxygen atoms in total. The van der Waals surface area contributed by atoms with Gasteiger partial charge in [-0.3, -0.25) is 14.3 Å². The minimum atomic E-state index is -0.0996. The molecule has 3 heterocycles. The summed E-state index contributed by atoms with van der Waals surface area (Å²) >= 11 is 7.46. The molecule has 2 aromatic heterocycles. The first-order valence-corrected chi connectivity index (χ1v) is 12.6. The SMILES string of the molecule is COc1cc(-n2c(C)nc3cc(-c4ccc(Cl)cc4)sc3c2=O)ccc1OCCN1CCCC1. The minimum absolute atomic E-state index is 0.0996. The van der Waals surface area contributed by atoms with Gasteiger partial charge in [-0.25, -0.2) is 4.98 Å². The zero-order valence-electron chi connectivity index (χ0n) is 19.2. The summed E-state index contributed by atoms with van der Waals surface area (Å²) in [4.78, 5) is 21.6. The molecule has 0 bridgehead atoms. The largest absolute Gasteiger partial charge is 0.493 e. The number of ether oxygens (including phenoxy) is 2. The molecule has 1 fully saturated rings. The molecule has 4 aromatic rings. The van der Waals surface area contributed by atoms with Crippen molar-refractivity contribution < 1.29 is 9.47 Å². The van der Waals surface area contributed by atoms with E-state index < -0.39 is 0 Å². The quantitative estimate of drug-likeness (QED) is 0.336. The van der Waals surface area contributed by atoms with Crippen LogP contribution in [0.2, 0.25) is 5.02 Å². The highest BCUT2D eigenvalue weighted by molar-refractivity contribution is 7.22. The van der Waals surface area contributed by atoms with E-state index in [0.717, 1.165) is 30.1 Å². The van der Waals surface area contributed by atoms with Crippen molar-refractivity contribution in [2.45, 2.75) is 19.8 Å². The van der Waals surface area contributed by atoms with Gasteiger partial charge in [0.1, 0.15) is 17.1 Å². The Morgan fingerprint density at radius 1 is 1.06 bits per heavy atom. The third kappa shape index (κ3) is 4.56. The molecule has 1 saturated heterocycles. The van der Waals surface area contributed by atoms with Gasteiger partial charge in [0.15, 0.2) is 11.5 Å². The normalized spacial score (nSPS) is 14.1. The smallest absolute Gasteiger partial charge is 0.276 e. The van der Waals surface area contributed by atoms with Crippen LogP contribution < -0.4 is 15.0 Å². The molecule has 8 heteroatoms. The van der Waals surface area contributed by atoms with Crippen molar-refractivity contribution in [2.24, 2.45) is 0 Å². The number of rotatable bonds is 7. The summed E-state index contributed by atoms with van der Waals surface area (Å²) in [5.41, 5.74) is 2.30. The molecule has 0 saturated carbocycles. The van der Waals surface area contributed by atoms with Crippen molar-refractivity contribution in [3.05, 3.63) is 69.7 Å². The van der Waals surface area contributed by atoms with Crippen molar-refractivity contribution in [1.82, 2.24) is 14.5 Å². The topological polar surface area (TPSA) is 56.6 Å². The number of aryl methyl sites for hydroxylation is 1. The van der Waals surface area contributed by atoms with Gasteiger partial charge in [0.05, 0.1) is 18.3 Å². The summed E-state index contributed by atoms with van der Waals surface area (Å²) < 4.78 is 13.8. The average Bonchev–Trinajstić information content (AvgIpc) is 3.50. The summed E-state index contributed by atoms with van der Waals surface area (Å²) in [7, 11) is 1.61. The fourth-order valence-electron chi connectivity index (χ4n) is 4.36. The van der Waals surface area contributed by atoms with Crippen LogP contribution in [0.25, 0.3) is 26.3 Å². The van der Waals surface area contributed by atoms with Gasteiger partial charge in [-0.2, -0.15) is 0 Å². The monoisotopic (exact) mass is 495 g/mol. The van der Waals surface area contributed by atoms with Gasteiger partial charge in [-0.05, 0) is 68.8 Å². The van der Waals surface area contributed by atoms with Gasteiger partial charge in [-0.15, -0.1) is 11.3 Å². The maximum absolute atomic E-state index is 13.5. The van der Waals surface area contributed by atoms with E-state index in [9.17, 15) is 4.79 Å². The Balaban J connectivity index is 1.45. The van der Waals surface area contributed by atoms with Crippen LogP contribution in [0, 0.1) is 6.92 Å². The van der Waals surface area contributed by atoms with E-state index in [1.807, 2.05) is 55.5 Å². The second kappa shape index (κ2) is 9.78. The maximum atomic E-state index is 13.5. The number of halogens is 1. The van der Waals surface area contributed by atoms with Crippen molar-refractivity contribution in [3.63, 3.8) is 0 Å². The second-order valence-corrected chi connectivity index (χ2v) is 9.85. The Morgan fingerprint density at radius 3 is 2.56 bits per heavy atom. The molecule has 34 heavy (non-hydrogen) atoms. The molecule has 1 aliphatic rings. The summed E-state index contributed by atoms with van der Waals surface area (Å²) in [6, 6.07) is 15.1. The summed E-state index contributed by atoms with van der Waals surface area (Å²) in [5.74, 6) is 1.88. The van der Waals surface area contributed by atoms with Gasteiger partial charge in [0.25, 0.3) is 5.56 Å². The number of fused-ring (bicyclic) bond motifs is 1. The van der Waals surface area contributed by atoms with E-state index in [1.54, 1.807) is 11.7 Å². The zero-order valence-corrected chi connectivity index (χ0v) is 20.8. The summed E-state index contributed by atoms with van der Waals surface area (Å²) in [6.07, 6.45) is 2.52. The van der Waals surface area contributed by atoms with Gasteiger partial charge in [0.2, 0.25) is 0 Å². The lowest BCUT2D eigenvalue weighted by atomic mass is 10.2. The number of benzene rings is 2. The Hall–Kier alpha value is -2.87. The van der Waals surface area contributed by atoms with Gasteiger partial charge in [0, 0.05) is 22.5 Å². The van der Waals surface area contributed by atoms with Crippen LogP contribution in [0.1, 0.15) is 18.7 Å². The highest BCUT2D eigenvalue weighted by Crippen LogP contribution is 2.33. The lowest BCUT2D eigenvalue weighted by Crippen LogP contribution is -2.25.